The maximum Gasteiger partial charge on any atom is 0.431 e. The van der Waals surface area contributed by atoms with Crippen molar-refractivity contribution in [2.45, 2.75) is 13.1 Å². The molecule has 0 saturated carbocycles. The van der Waals surface area contributed by atoms with E-state index in [1.165, 1.54) is 9.80 Å². The molecule has 1 aliphatic rings. The van der Waals surface area contributed by atoms with Crippen molar-refractivity contribution in [1.82, 2.24) is 18.9 Å². The lowest BCUT2D eigenvalue weighted by molar-refractivity contribution is -0.144. The van der Waals surface area contributed by atoms with Crippen molar-refractivity contribution in [1.29, 1.82) is 0 Å². The lowest BCUT2D eigenvalue weighted by Gasteiger charge is -2.34. The third-order valence-electron chi connectivity index (χ3n) is 5.22. The molecule has 0 atom stereocenters. The number of carbonyl (C=O) groups excluding carboxylic acids is 2. The Balaban J connectivity index is 1.88. The molecule has 0 spiro atoms. The molecule has 3 amide bonds. The largest absolute Gasteiger partial charge is 0.450 e. The van der Waals surface area contributed by atoms with E-state index in [0.29, 0.717) is 0 Å². The predicted molar refractivity (Wildman–Crippen MR) is 119 cm³/mol. The molecule has 190 valence electrons. The molecule has 1 N–H and O–H groups in total. The fourth-order valence-electron chi connectivity index (χ4n) is 3.43. The van der Waals surface area contributed by atoms with E-state index in [1.54, 1.807) is 6.92 Å². The van der Waals surface area contributed by atoms with Gasteiger partial charge < -0.3 is 19.9 Å². The normalized spacial score (nSPS) is 14.1. The highest BCUT2D eigenvalue weighted by Gasteiger charge is 2.35. The molecule has 2 aromatic rings. The maximum absolute atomic E-state index is 14.7. The van der Waals surface area contributed by atoms with E-state index in [-0.39, 0.29) is 58.1 Å². The molecular weight excluding hydrogens is 546 g/mol. The Hall–Kier alpha value is -3.36. The van der Waals surface area contributed by atoms with Crippen LogP contribution >= 0.6 is 15.9 Å². The minimum Gasteiger partial charge on any atom is -0.450 e. The second-order valence-corrected chi connectivity index (χ2v) is 8.28. The molecule has 35 heavy (non-hydrogen) atoms. The van der Waals surface area contributed by atoms with Gasteiger partial charge in [-0.3, -0.25) is 9.36 Å². The summed E-state index contributed by atoms with van der Waals surface area (Å²) in [7, 11) is 0.802. The molecule has 0 radical (unpaired) electrons. The quantitative estimate of drug-likeness (QED) is 0.576. The summed E-state index contributed by atoms with van der Waals surface area (Å²) in [5.41, 5.74) is -4.98. The van der Waals surface area contributed by atoms with Gasteiger partial charge in [-0.05, 0) is 35.0 Å². The minimum absolute atomic E-state index is 0.0342. The number of nitrogens with one attached hydrogen (secondary N) is 1. The molecule has 10 nitrogen and oxygen atoms in total. The number of piperazine rings is 1. The Morgan fingerprint density at radius 2 is 1.69 bits per heavy atom. The van der Waals surface area contributed by atoms with Gasteiger partial charge in [-0.25, -0.2) is 23.3 Å². The Labute approximate surface area is 203 Å². The van der Waals surface area contributed by atoms with E-state index in [9.17, 15) is 36.7 Å². The number of alkyl halides is 3. The van der Waals surface area contributed by atoms with Crippen LogP contribution in [0.3, 0.4) is 0 Å². The number of aromatic nitrogens is 2. The zero-order valence-electron chi connectivity index (χ0n) is 18.5. The van der Waals surface area contributed by atoms with Crippen LogP contribution < -0.4 is 16.6 Å². The third-order valence-corrected chi connectivity index (χ3v) is 5.88. The molecule has 3 rings (SSSR count). The Bertz CT molecular complexity index is 1270. The molecule has 1 saturated heterocycles. The highest BCUT2D eigenvalue weighted by molar-refractivity contribution is 9.10. The first-order valence-electron chi connectivity index (χ1n) is 10.2. The molecule has 0 unspecified atom stereocenters. The fourth-order valence-corrected chi connectivity index (χ4v) is 3.84. The van der Waals surface area contributed by atoms with Crippen molar-refractivity contribution in [2.75, 3.05) is 38.1 Å². The smallest absolute Gasteiger partial charge is 0.431 e. The van der Waals surface area contributed by atoms with E-state index in [4.69, 9.17) is 4.74 Å². The molecule has 1 aromatic heterocycles. The number of rotatable bonds is 3. The van der Waals surface area contributed by atoms with Crippen molar-refractivity contribution < 1.29 is 31.9 Å². The number of ether oxygens (including phenoxy) is 1. The Morgan fingerprint density at radius 3 is 2.26 bits per heavy atom. The first-order chi connectivity index (χ1) is 16.3. The van der Waals surface area contributed by atoms with Crippen LogP contribution in [0, 0.1) is 5.82 Å². The van der Waals surface area contributed by atoms with Crippen molar-refractivity contribution in [3.8, 4) is 5.69 Å². The van der Waals surface area contributed by atoms with Gasteiger partial charge in [0.25, 0.3) is 5.56 Å². The average molecular weight is 566 g/mol. The first kappa shape index (κ1) is 26.2. The van der Waals surface area contributed by atoms with Crippen molar-refractivity contribution >= 4 is 33.7 Å². The predicted octanol–water partition coefficient (Wildman–Crippen LogP) is 2.76. The van der Waals surface area contributed by atoms with Crippen LogP contribution in [0.5, 0.6) is 0 Å². The lowest BCUT2D eigenvalue weighted by atomic mass is 10.2. The standard InChI is InChI=1S/C20H20BrF4N5O5/c1-3-35-19(34)29-6-4-28(5-7-29)17(32)26-13-9-14(12(22)8-11(13)21)30-16(31)10-15(20(23,24)25)27(2)18(30)33/h8-10H,3-7H2,1-2H3,(H,26,32). The molecule has 1 aromatic carbocycles. The van der Waals surface area contributed by atoms with Crippen LogP contribution in [0.2, 0.25) is 0 Å². The number of benzene rings is 1. The van der Waals surface area contributed by atoms with Crippen LogP contribution in [0.4, 0.5) is 32.8 Å². The van der Waals surface area contributed by atoms with E-state index in [0.717, 1.165) is 19.2 Å². The number of urea groups is 1. The van der Waals surface area contributed by atoms with Crippen molar-refractivity contribution in [3.63, 3.8) is 0 Å². The second-order valence-electron chi connectivity index (χ2n) is 7.43. The third kappa shape index (κ3) is 5.49. The number of hydrogen-bond acceptors (Lipinski definition) is 5. The summed E-state index contributed by atoms with van der Waals surface area (Å²) in [5, 5.41) is 2.51. The van der Waals surface area contributed by atoms with Crippen LogP contribution in [-0.4, -0.2) is 63.8 Å². The van der Waals surface area contributed by atoms with E-state index in [1.807, 2.05) is 0 Å². The van der Waals surface area contributed by atoms with Crippen molar-refractivity contribution in [3.05, 3.63) is 55.0 Å². The molecule has 0 bridgehead atoms. The van der Waals surface area contributed by atoms with Gasteiger partial charge in [0.1, 0.15) is 11.5 Å². The highest BCUT2D eigenvalue weighted by atomic mass is 79.9. The molecule has 2 heterocycles. The van der Waals surface area contributed by atoms with Crippen molar-refractivity contribution in [2.24, 2.45) is 7.05 Å². The lowest BCUT2D eigenvalue weighted by Crippen LogP contribution is -2.51. The molecule has 1 fully saturated rings. The van der Waals surface area contributed by atoms with Crippen LogP contribution in [-0.2, 0) is 18.0 Å². The second kappa shape index (κ2) is 10.1. The summed E-state index contributed by atoms with van der Waals surface area (Å²) in [4.78, 5) is 52.2. The Kier molecular flexibility index (Phi) is 7.57. The SMILES string of the molecule is CCOC(=O)N1CCN(C(=O)Nc2cc(-n3c(=O)cc(C(F)(F)F)n(C)c3=O)c(F)cc2Br)CC1. The number of nitrogens with zero attached hydrogens (tertiary/aromatic N) is 4. The van der Waals surface area contributed by atoms with Gasteiger partial charge in [-0.2, -0.15) is 13.2 Å². The summed E-state index contributed by atoms with van der Waals surface area (Å²) in [6.45, 7) is 2.68. The van der Waals surface area contributed by atoms with Gasteiger partial charge in [-0.1, -0.05) is 0 Å². The molecular formula is C20H20BrF4N5O5. The number of anilines is 1. The van der Waals surface area contributed by atoms with Gasteiger partial charge in [0.05, 0.1) is 18.0 Å². The van der Waals surface area contributed by atoms with E-state index in [2.05, 4.69) is 21.2 Å². The summed E-state index contributed by atoms with van der Waals surface area (Å²) in [5.74, 6) is -1.09. The van der Waals surface area contributed by atoms with Gasteiger partial charge >= 0.3 is 24.0 Å². The number of hydrogen-bond donors (Lipinski definition) is 1. The van der Waals surface area contributed by atoms with E-state index < -0.39 is 46.7 Å². The summed E-state index contributed by atoms with van der Waals surface area (Å²) in [6, 6.07) is 1.40. The first-order valence-corrected chi connectivity index (χ1v) is 11.0. The number of carbonyl (C=O) groups is 2. The highest BCUT2D eigenvalue weighted by Crippen LogP contribution is 2.29. The molecule has 0 aliphatic carbocycles. The number of amides is 3. The van der Waals surface area contributed by atoms with Crippen LogP contribution in [0.15, 0.2) is 32.3 Å². The van der Waals surface area contributed by atoms with Gasteiger partial charge in [0.2, 0.25) is 0 Å². The monoisotopic (exact) mass is 565 g/mol. The minimum atomic E-state index is -4.97. The Morgan fingerprint density at radius 1 is 1.09 bits per heavy atom. The van der Waals surface area contributed by atoms with Crippen LogP contribution in [0.1, 0.15) is 12.6 Å². The summed E-state index contributed by atoms with van der Waals surface area (Å²) in [6.07, 6.45) is -5.47. The van der Waals surface area contributed by atoms with Gasteiger partial charge in [0.15, 0.2) is 0 Å². The summed E-state index contributed by atoms with van der Waals surface area (Å²) >= 11 is 3.08. The zero-order chi connectivity index (χ0) is 26.1. The average Bonchev–Trinajstić information content (AvgIpc) is 2.78. The molecule has 1 aliphatic heterocycles. The maximum atomic E-state index is 14.7. The van der Waals surface area contributed by atoms with E-state index >= 15 is 0 Å². The topological polar surface area (TPSA) is 106 Å². The van der Waals surface area contributed by atoms with Gasteiger partial charge in [-0.15, -0.1) is 0 Å². The summed E-state index contributed by atoms with van der Waals surface area (Å²) < 4.78 is 59.4. The molecule has 15 heteroatoms. The number of halogens is 5. The fraction of sp³-hybridized carbons (Fsp3) is 0.400. The van der Waals surface area contributed by atoms with Gasteiger partial charge in [0, 0.05) is 43.8 Å². The zero-order valence-corrected chi connectivity index (χ0v) is 20.1. The van der Waals surface area contributed by atoms with Crippen LogP contribution in [0.25, 0.3) is 5.69 Å².